The number of piperidine rings is 1. The zero-order valence-electron chi connectivity index (χ0n) is 13.8. The molecule has 0 radical (unpaired) electrons. The molecule has 1 fully saturated rings. The van der Waals surface area contributed by atoms with Crippen LogP contribution in [0.4, 0.5) is 8.78 Å². The van der Waals surface area contributed by atoms with Crippen molar-refractivity contribution in [2.75, 3.05) is 19.7 Å². The van der Waals surface area contributed by atoms with E-state index in [0.717, 1.165) is 38.1 Å². The predicted octanol–water partition coefficient (Wildman–Crippen LogP) is 3.13. The first-order chi connectivity index (χ1) is 11.0. The van der Waals surface area contributed by atoms with Gasteiger partial charge in [-0.3, -0.25) is 4.79 Å². The summed E-state index contributed by atoms with van der Waals surface area (Å²) in [5.74, 6) is -0.772. The molecule has 0 saturated carbocycles. The molecule has 1 unspecified atom stereocenters. The lowest BCUT2D eigenvalue weighted by atomic mass is 9.91. The summed E-state index contributed by atoms with van der Waals surface area (Å²) in [4.78, 5) is 14.0. The molecule has 7 heteroatoms. The van der Waals surface area contributed by atoms with Crippen LogP contribution in [-0.2, 0) is 4.79 Å². The Balaban J connectivity index is 0.00000288. The number of nitrogens with zero attached hydrogens (tertiary/aromatic N) is 1. The number of halogens is 3. The molecule has 1 aromatic carbocycles. The number of ether oxygens (including phenoxy) is 1. The van der Waals surface area contributed by atoms with Crippen LogP contribution in [0.1, 0.15) is 32.6 Å². The summed E-state index contributed by atoms with van der Waals surface area (Å²) >= 11 is 0. The van der Waals surface area contributed by atoms with Gasteiger partial charge in [-0.15, -0.1) is 12.4 Å². The van der Waals surface area contributed by atoms with Gasteiger partial charge in [0.1, 0.15) is 5.82 Å². The maximum atomic E-state index is 13.4. The molecule has 0 aliphatic carbocycles. The van der Waals surface area contributed by atoms with Crippen molar-refractivity contribution >= 4 is 18.3 Å². The van der Waals surface area contributed by atoms with Gasteiger partial charge in [-0.05, 0) is 44.2 Å². The van der Waals surface area contributed by atoms with Crippen molar-refractivity contribution in [2.24, 2.45) is 11.7 Å². The highest BCUT2D eigenvalue weighted by molar-refractivity contribution is 5.85. The van der Waals surface area contributed by atoms with Gasteiger partial charge in [0.25, 0.3) is 0 Å². The van der Waals surface area contributed by atoms with Crippen molar-refractivity contribution in [2.45, 2.75) is 38.6 Å². The van der Waals surface area contributed by atoms with Gasteiger partial charge in [0.15, 0.2) is 11.6 Å². The van der Waals surface area contributed by atoms with Crippen LogP contribution in [-0.4, -0.2) is 36.5 Å². The van der Waals surface area contributed by atoms with Gasteiger partial charge in [0.2, 0.25) is 5.91 Å². The summed E-state index contributed by atoms with van der Waals surface area (Å²) in [7, 11) is 0. The Labute approximate surface area is 147 Å². The summed E-state index contributed by atoms with van der Waals surface area (Å²) in [6.45, 7) is 3.73. The number of carbonyl (C=O) groups excluding carboxylic acids is 1. The number of amides is 1. The van der Waals surface area contributed by atoms with Crippen LogP contribution in [0.5, 0.6) is 5.75 Å². The summed E-state index contributed by atoms with van der Waals surface area (Å²) in [5, 5.41) is 0. The number of carbonyl (C=O) groups is 1. The standard InChI is InChI=1S/C17H24F2N2O2.ClH/c1-12(20)13-6-8-21(9-7-13)17(22)3-2-10-23-16-5-4-14(18)11-15(16)19;/h4-5,11-13H,2-3,6-10,20H2,1H3;1H. The summed E-state index contributed by atoms with van der Waals surface area (Å²) in [6, 6.07) is 3.35. The van der Waals surface area contributed by atoms with Crippen LogP contribution in [0.15, 0.2) is 18.2 Å². The van der Waals surface area contributed by atoms with Gasteiger partial charge < -0.3 is 15.4 Å². The highest BCUT2D eigenvalue weighted by Crippen LogP contribution is 2.21. The Morgan fingerprint density at radius 2 is 2.04 bits per heavy atom. The maximum absolute atomic E-state index is 13.4. The third kappa shape index (κ3) is 5.91. The molecular weight excluding hydrogens is 338 g/mol. The second kappa shape index (κ2) is 9.79. The van der Waals surface area contributed by atoms with Crippen LogP contribution in [0.25, 0.3) is 0 Å². The first-order valence-corrected chi connectivity index (χ1v) is 8.08. The fourth-order valence-corrected chi connectivity index (χ4v) is 2.83. The molecule has 136 valence electrons. The van der Waals surface area contributed by atoms with Gasteiger partial charge in [-0.1, -0.05) is 0 Å². The normalized spacial score (nSPS) is 16.4. The third-order valence-electron chi connectivity index (χ3n) is 4.32. The van der Waals surface area contributed by atoms with E-state index in [0.29, 0.717) is 18.8 Å². The molecule has 0 spiro atoms. The van der Waals surface area contributed by atoms with Gasteiger partial charge in [-0.25, -0.2) is 8.78 Å². The van der Waals surface area contributed by atoms with E-state index in [1.807, 2.05) is 11.8 Å². The summed E-state index contributed by atoms with van der Waals surface area (Å²) < 4.78 is 31.4. The second-order valence-corrected chi connectivity index (χ2v) is 6.10. The van der Waals surface area contributed by atoms with Gasteiger partial charge in [0.05, 0.1) is 6.61 Å². The Hall–Kier alpha value is -1.40. The van der Waals surface area contributed by atoms with Crippen molar-refractivity contribution in [3.05, 3.63) is 29.8 Å². The molecule has 1 amide bonds. The monoisotopic (exact) mass is 362 g/mol. The molecular formula is C17H25ClF2N2O2. The Morgan fingerprint density at radius 1 is 1.38 bits per heavy atom. The Morgan fingerprint density at radius 3 is 2.62 bits per heavy atom. The first-order valence-electron chi connectivity index (χ1n) is 8.08. The van der Waals surface area contributed by atoms with E-state index < -0.39 is 11.6 Å². The van der Waals surface area contributed by atoms with Crippen LogP contribution in [0.2, 0.25) is 0 Å². The SMILES string of the molecule is CC(N)C1CCN(C(=O)CCCOc2ccc(F)cc2F)CC1.Cl. The molecule has 2 N–H and O–H groups in total. The van der Waals surface area contributed by atoms with Crippen molar-refractivity contribution < 1.29 is 18.3 Å². The van der Waals surface area contributed by atoms with Crippen LogP contribution in [0, 0.1) is 17.6 Å². The smallest absolute Gasteiger partial charge is 0.222 e. The number of likely N-dealkylation sites (tertiary alicyclic amines) is 1. The van der Waals surface area contributed by atoms with E-state index in [4.69, 9.17) is 10.5 Å². The van der Waals surface area contributed by atoms with Gasteiger partial charge >= 0.3 is 0 Å². The number of rotatable bonds is 6. The minimum absolute atomic E-state index is 0. The van der Waals surface area contributed by atoms with E-state index in [-0.39, 0.29) is 36.7 Å². The molecule has 1 atom stereocenters. The average Bonchev–Trinajstić information content (AvgIpc) is 2.53. The predicted molar refractivity (Wildman–Crippen MR) is 91.3 cm³/mol. The van der Waals surface area contributed by atoms with Crippen LogP contribution < -0.4 is 10.5 Å². The molecule has 1 aromatic rings. The third-order valence-corrected chi connectivity index (χ3v) is 4.32. The zero-order valence-corrected chi connectivity index (χ0v) is 14.7. The molecule has 24 heavy (non-hydrogen) atoms. The summed E-state index contributed by atoms with van der Waals surface area (Å²) in [6.07, 6.45) is 2.76. The average molecular weight is 363 g/mol. The zero-order chi connectivity index (χ0) is 16.8. The lowest BCUT2D eigenvalue weighted by Gasteiger charge is -2.33. The topological polar surface area (TPSA) is 55.6 Å². The van der Waals surface area contributed by atoms with E-state index in [9.17, 15) is 13.6 Å². The van der Waals surface area contributed by atoms with Crippen molar-refractivity contribution in [3.8, 4) is 5.75 Å². The molecule has 1 aliphatic rings. The fourth-order valence-electron chi connectivity index (χ4n) is 2.83. The van der Waals surface area contributed by atoms with Gasteiger partial charge in [-0.2, -0.15) is 0 Å². The molecule has 1 saturated heterocycles. The quantitative estimate of drug-likeness (QED) is 0.791. The Bertz CT molecular complexity index is 535. The fraction of sp³-hybridized carbons (Fsp3) is 0.588. The maximum Gasteiger partial charge on any atom is 0.222 e. The van der Waals surface area contributed by atoms with Crippen LogP contribution in [0.3, 0.4) is 0 Å². The highest BCUT2D eigenvalue weighted by Gasteiger charge is 2.24. The molecule has 1 aliphatic heterocycles. The molecule has 1 heterocycles. The van der Waals surface area contributed by atoms with E-state index in [1.54, 1.807) is 0 Å². The van der Waals surface area contributed by atoms with Crippen molar-refractivity contribution in [1.82, 2.24) is 4.90 Å². The lowest BCUT2D eigenvalue weighted by molar-refractivity contribution is -0.132. The summed E-state index contributed by atoms with van der Waals surface area (Å²) in [5.41, 5.74) is 5.89. The second-order valence-electron chi connectivity index (χ2n) is 6.10. The van der Waals surface area contributed by atoms with E-state index in [1.165, 1.54) is 6.07 Å². The number of benzene rings is 1. The highest BCUT2D eigenvalue weighted by atomic mass is 35.5. The van der Waals surface area contributed by atoms with Crippen molar-refractivity contribution in [3.63, 3.8) is 0 Å². The minimum atomic E-state index is -0.727. The molecule has 2 rings (SSSR count). The molecule has 4 nitrogen and oxygen atoms in total. The number of hydrogen-bond donors (Lipinski definition) is 1. The lowest BCUT2D eigenvalue weighted by Crippen LogP contribution is -2.42. The van der Waals surface area contributed by atoms with Gasteiger partial charge in [0, 0.05) is 31.6 Å². The minimum Gasteiger partial charge on any atom is -0.491 e. The molecule has 0 bridgehead atoms. The first kappa shape index (κ1) is 20.6. The largest absolute Gasteiger partial charge is 0.491 e. The Kier molecular flexibility index (Phi) is 8.42. The van der Waals surface area contributed by atoms with E-state index in [2.05, 4.69) is 0 Å². The molecule has 0 aromatic heterocycles. The van der Waals surface area contributed by atoms with Crippen LogP contribution >= 0.6 is 12.4 Å². The van der Waals surface area contributed by atoms with E-state index >= 15 is 0 Å². The number of nitrogens with two attached hydrogens (primary N) is 1. The van der Waals surface area contributed by atoms with Crippen molar-refractivity contribution in [1.29, 1.82) is 0 Å². The number of hydrogen-bond acceptors (Lipinski definition) is 3.